The molecule has 4 aromatic rings. The molecule has 8 nitrogen and oxygen atoms in total. The zero-order chi connectivity index (χ0) is 20.0. The summed E-state index contributed by atoms with van der Waals surface area (Å²) in [7, 11) is 2.78. The van der Waals surface area contributed by atoms with Gasteiger partial charge in [0.15, 0.2) is 23.0 Å². The highest BCUT2D eigenvalue weighted by atomic mass is 16.5. The van der Waals surface area contributed by atoms with Gasteiger partial charge in [-0.2, -0.15) is 0 Å². The molecular formula is C20H14O8. The Labute approximate surface area is 156 Å². The van der Waals surface area contributed by atoms with Crippen LogP contribution >= 0.6 is 0 Å². The Kier molecular flexibility index (Phi) is 3.96. The van der Waals surface area contributed by atoms with Crippen LogP contribution in [0.15, 0.2) is 54.8 Å². The molecule has 0 saturated heterocycles. The van der Waals surface area contributed by atoms with Gasteiger partial charge in [0.05, 0.1) is 25.3 Å². The minimum absolute atomic E-state index is 0.0112. The van der Waals surface area contributed by atoms with E-state index in [0.717, 1.165) is 0 Å². The molecule has 0 aliphatic rings. The number of methoxy groups -OCH3 is 2. The third kappa shape index (κ3) is 2.71. The van der Waals surface area contributed by atoms with Crippen molar-refractivity contribution in [3.05, 3.63) is 57.2 Å². The number of hydrogen-bond acceptors (Lipinski definition) is 8. The lowest BCUT2D eigenvalue weighted by Gasteiger charge is -2.08. The maximum atomic E-state index is 12.4. The molecule has 0 fully saturated rings. The van der Waals surface area contributed by atoms with E-state index in [0.29, 0.717) is 10.8 Å². The van der Waals surface area contributed by atoms with Crippen molar-refractivity contribution < 1.29 is 28.5 Å². The summed E-state index contributed by atoms with van der Waals surface area (Å²) in [6, 6.07) is 8.41. The molecule has 0 amide bonds. The summed E-state index contributed by atoms with van der Waals surface area (Å²) in [6.45, 7) is 0. The van der Waals surface area contributed by atoms with Gasteiger partial charge in [0.1, 0.15) is 11.2 Å². The Morgan fingerprint density at radius 3 is 1.43 bits per heavy atom. The van der Waals surface area contributed by atoms with Gasteiger partial charge in [-0.1, -0.05) is 0 Å². The van der Waals surface area contributed by atoms with E-state index in [1.807, 2.05) is 0 Å². The molecule has 2 aromatic heterocycles. The third-order valence-electron chi connectivity index (χ3n) is 4.36. The molecule has 0 unspecified atom stereocenters. The number of phenols is 2. The molecule has 4 rings (SSSR count). The highest BCUT2D eigenvalue weighted by molar-refractivity contribution is 5.88. The van der Waals surface area contributed by atoms with Crippen LogP contribution in [0.2, 0.25) is 0 Å². The standard InChI is InChI=1S/C20H14O8/c1-25-17-5-9-3-11(19(23)27-15(9)7-13(17)21)12-4-10-6-18(26-2)14(22)8-16(10)28-20(12)24/h3-8,21-22H,1-2H3. The van der Waals surface area contributed by atoms with E-state index in [4.69, 9.17) is 18.3 Å². The lowest BCUT2D eigenvalue weighted by Crippen LogP contribution is -2.10. The van der Waals surface area contributed by atoms with E-state index in [-0.39, 0.29) is 45.3 Å². The molecule has 142 valence electrons. The first kappa shape index (κ1) is 17.5. The molecule has 0 saturated carbocycles. The second-order valence-electron chi connectivity index (χ2n) is 6.02. The minimum atomic E-state index is -0.769. The fourth-order valence-corrected chi connectivity index (χ4v) is 2.97. The number of ether oxygens (including phenoxy) is 2. The van der Waals surface area contributed by atoms with Gasteiger partial charge in [0.25, 0.3) is 0 Å². The highest BCUT2D eigenvalue weighted by Crippen LogP contribution is 2.34. The number of aromatic hydroxyl groups is 2. The molecule has 2 N–H and O–H groups in total. The zero-order valence-corrected chi connectivity index (χ0v) is 14.8. The van der Waals surface area contributed by atoms with E-state index in [1.165, 1.54) is 50.6 Å². The first-order valence-electron chi connectivity index (χ1n) is 8.11. The molecule has 0 aliphatic heterocycles. The van der Waals surface area contributed by atoms with Crippen LogP contribution in [-0.2, 0) is 0 Å². The van der Waals surface area contributed by atoms with Crippen LogP contribution in [0.5, 0.6) is 23.0 Å². The minimum Gasteiger partial charge on any atom is -0.504 e. The number of phenolic OH excluding ortho intramolecular Hbond substituents is 2. The van der Waals surface area contributed by atoms with Crippen LogP contribution in [0.25, 0.3) is 33.1 Å². The van der Waals surface area contributed by atoms with Crippen molar-refractivity contribution in [3.63, 3.8) is 0 Å². The summed E-state index contributed by atoms with van der Waals surface area (Å²) in [5.41, 5.74) is -1.28. The Bertz CT molecular complexity index is 1240. The number of fused-ring (bicyclic) bond motifs is 2. The second-order valence-corrected chi connectivity index (χ2v) is 6.02. The van der Waals surface area contributed by atoms with Crippen molar-refractivity contribution in [2.45, 2.75) is 0 Å². The summed E-state index contributed by atoms with van der Waals surface area (Å²) >= 11 is 0. The van der Waals surface area contributed by atoms with E-state index < -0.39 is 11.3 Å². The maximum absolute atomic E-state index is 12.4. The summed E-state index contributed by atoms with van der Waals surface area (Å²) in [5.74, 6) is 0.0298. The quantitative estimate of drug-likeness (QED) is 0.519. The van der Waals surface area contributed by atoms with Crippen LogP contribution < -0.4 is 20.7 Å². The first-order valence-corrected chi connectivity index (χ1v) is 8.11. The molecule has 28 heavy (non-hydrogen) atoms. The molecule has 0 spiro atoms. The maximum Gasteiger partial charge on any atom is 0.344 e. The van der Waals surface area contributed by atoms with Gasteiger partial charge in [-0.3, -0.25) is 0 Å². The predicted molar refractivity (Wildman–Crippen MR) is 100 cm³/mol. The zero-order valence-electron chi connectivity index (χ0n) is 14.8. The topological polar surface area (TPSA) is 119 Å². The average Bonchev–Trinajstić information content (AvgIpc) is 2.66. The van der Waals surface area contributed by atoms with Crippen molar-refractivity contribution in [3.8, 4) is 34.1 Å². The van der Waals surface area contributed by atoms with E-state index in [2.05, 4.69) is 0 Å². The van der Waals surface area contributed by atoms with Crippen molar-refractivity contribution in [2.75, 3.05) is 14.2 Å². The Morgan fingerprint density at radius 1 is 0.679 bits per heavy atom. The molecule has 0 atom stereocenters. The fraction of sp³-hybridized carbons (Fsp3) is 0.100. The van der Waals surface area contributed by atoms with Crippen LogP contribution in [-0.4, -0.2) is 24.4 Å². The predicted octanol–water partition coefficient (Wildman–Crippen LogP) is 2.99. The molecule has 2 heterocycles. The summed E-state index contributed by atoms with van der Waals surface area (Å²) in [4.78, 5) is 24.9. The Morgan fingerprint density at radius 2 is 1.07 bits per heavy atom. The fourth-order valence-electron chi connectivity index (χ4n) is 2.97. The van der Waals surface area contributed by atoms with E-state index in [9.17, 15) is 19.8 Å². The molecule has 8 heteroatoms. The summed E-state index contributed by atoms with van der Waals surface area (Å²) < 4.78 is 20.6. The van der Waals surface area contributed by atoms with Gasteiger partial charge in [-0.15, -0.1) is 0 Å². The van der Waals surface area contributed by atoms with Crippen molar-refractivity contribution in [2.24, 2.45) is 0 Å². The molecule has 0 aliphatic carbocycles. The molecular weight excluding hydrogens is 368 g/mol. The van der Waals surface area contributed by atoms with Crippen molar-refractivity contribution in [1.82, 2.24) is 0 Å². The summed E-state index contributed by atoms with van der Waals surface area (Å²) in [6.07, 6.45) is 0. The molecule has 2 aromatic carbocycles. The SMILES string of the molecule is COc1cc2cc(-c3cc4cc(OC)c(O)cc4oc3=O)c(=O)oc2cc1O. The third-order valence-corrected chi connectivity index (χ3v) is 4.36. The average molecular weight is 382 g/mol. The normalized spacial score (nSPS) is 11.1. The Balaban J connectivity index is 1.99. The lowest BCUT2D eigenvalue weighted by molar-refractivity contribution is 0.373. The summed E-state index contributed by atoms with van der Waals surface area (Å²) in [5, 5.41) is 20.6. The van der Waals surface area contributed by atoms with Gasteiger partial charge < -0.3 is 28.5 Å². The van der Waals surface area contributed by atoms with Crippen LogP contribution in [0.3, 0.4) is 0 Å². The van der Waals surface area contributed by atoms with E-state index in [1.54, 1.807) is 0 Å². The van der Waals surface area contributed by atoms with Crippen molar-refractivity contribution in [1.29, 1.82) is 0 Å². The van der Waals surface area contributed by atoms with Gasteiger partial charge in [0, 0.05) is 22.9 Å². The largest absolute Gasteiger partial charge is 0.504 e. The van der Waals surface area contributed by atoms with Gasteiger partial charge in [-0.05, 0) is 24.3 Å². The smallest absolute Gasteiger partial charge is 0.344 e. The molecule has 0 bridgehead atoms. The molecule has 0 radical (unpaired) electrons. The first-order chi connectivity index (χ1) is 13.4. The number of hydrogen-bond donors (Lipinski definition) is 2. The van der Waals surface area contributed by atoms with Crippen LogP contribution in [0, 0.1) is 0 Å². The Hall–Kier alpha value is -3.94. The van der Waals surface area contributed by atoms with Gasteiger partial charge in [0.2, 0.25) is 0 Å². The van der Waals surface area contributed by atoms with Gasteiger partial charge >= 0.3 is 11.3 Å². The lowest BCUT2D eigenvalue weighted by atomic mass is 10.1. The highest BCUT2D eigenvalue weighted by Gasteiger charge is 2.17. The monoisotopic (exact) mass is 382 g/mol. The van der Waals surface area contributed by atoms with Crippen molar-refractivity contribution >= 4 is 21.9 Å². The van der Waals surface area contributed by atoms with E-state index >= 15 is 0 Å². The van der Waals surface area contributed by atoms with Gasteiger partial charge in [-0.25, -0.2) is 9.59 Å². The van der Waals surface area contributed by atoms with Crippen LogP contribution in [0.1, 0.15) is 0 Å². The number of rotatable bonds is 3. The second kappa shape index (κ2) is 6.34. The van der Waals surface area contributed by atoms with Crippen LogP contribution in [0.4, 0.5) is 0 Å². The number of benzene rings is 2.